The van der Waals surface area contributed by atoms with Gasteiger partial charge in [0.1, 0.15) is 0 Å². The maximum absolute atomic E-state index is 11.9. The number of hydrogen-bond acceptors (Lipinski definition) is 2. The van der Waals surface area contributed by atoms with Gasteiger partial charge in [-0.25, -0.2) is 0 Å². The van der Waals surface area contributed by atoms with E-state index in [0.717, 1.165) is 6.42 Å². The quantitative estimate of drug-likeness (QED) is 0.825. The van der Waals surface area contributed by atoms with Crippen molar-refractivity contribution in [2.24, 2.45) is 11.8 Å². The molecule has 17 heavy (non-hydrogen) atoms. The van der Waals surface area contributed by atoms with Crippen LogP contribution in [0.5, 0.6) is 0 Å². The van der Waals surface area contributed by atoms with E-state index in [1.807, 2.05) is 0 Å². The molecule has 0 bridgehead atoms. The van der Waals surface area contributed by atoms with Gasteiger partial charge >= 0.3 is 6.18 Å². The summed E-state index contributed by atoms with van der Waals surface area (Å²) >= 11 is 0. The van der Waals surface area contributed by atoms with Crippen molar-refractivity contribution in [1.29, 1.82) is 0 Å². The highest BCUT2D eigenvalue weighted by atomic mass is 19.4. The standard InChI is InChI=1S/C11H19F3N2O/c1-8(2)9-3-4-16(6-9)10(17)5-15-7-11(12,13)14/h8-9,15H,3-7H2,1-2H3. The Bertz CT molecular complexity index is 266. The van der Waals surface area contributed by atoms with Crippen molar-refractivity contribution in [3.63, 3.8) is 0 Å². The maximum atomic E-state index is 11.9. The van der Waals surface area contributed by atoms with Gasteiger partial charge in [0.05, 0.1) is 13.1 Å². The fourth-order valence-corrected chi connectivity index (χ4v) is 1.98. The topological polar surface area (TPSA) is 32.3 Å². The molecular weight excluding hydrogens is 233 g/mol. The molecule has 0 spiro atoms. The number of nitrogens with zero attached hydrogens (tertiary/aromatic N) is 1. The summed E-state index contributed by atoms with van der Waals surface area (Å²) < 4.78 is 35.6. The van der Waals surface area contributed by atoms with E-state index in [2.05, 4.69) is 19.2 Å². The average Bonchev–Trinajstić information content (AvgIpc) is 2.63. The molecule has 6 heteroatoms. The average molecular weight is 252 g/mol. The van der Waals surface area contributed by atoms with Crippen LogP contribution in [-0.2, 0) is 4.79 Å². The molecule has 1 unspecified atom stereocenters. The third kappa shape index (κ3) is 4.93. The molecule has 1 atom stereocenters. The Balaban J connectivity index is 2.26. The number of rotatable bonds is 4. The number of halogens is 3. The van der Waals surface area contributed by atoms with Crippen molar-refractivity contribution in [3.8, 4) is 0 Å². The molecule has 1 fully saturated rings. The van der Waals surface area contributed by atoms with Crippen LogP contribution in [0.3, 0.4) is 0 Å². The van der Waals surface area contributed by atoms with Gasteiger partial charge < -0.3 is 10.2 Å². The van der Waals surface area contributed by atoms with Crippen LogP contribution in [0.2, 0.25) is 0 Å². The molecule has 0 saturated carbocycles. The van der Waals surface area contributed by atoms with Gasteiger partial charge in [0.15, 0.2) is 0 Å². The van der Waals surface area contributed by atoms with Gasteiger partial charge in [-0.3, -0.25) is 4.79 Å². The van der Waals surface area contributed by atoms with Crippen LogP contribution in [0.1, 0.15) is 20.3 Å². The van der Waals surface area contributed by atoms with Crippen molar-refractivity contribution in [2.45, 2.75) is 26.4 Å². The lowest BCUT2D eigenvalue weighted by Crippen LogP contribution is -2.40. The smallest absolute Gasteiger partial charge is 0.341 e. The molecule has 1 heterocycles. The van der Waals surface area contributed by atoms with Crippen LogP contribution < -0.4 is 5.32 Å². The summed E-state index contributed by atoms with van der Waals surface area (Å²) in [6.07, 6.45) is -3.31. The number of amides is 1. The molecule has 1 aliphatic heterocycles. The summed E-state index contributed by atoms with van der Waals surface area (Å²) in [4.78, 5) is 13.2. The zero-order valence-electron chi connectivity index (χ0n) is 10.2. The second-order valence-electron chi connectivity index (χ2n) is 4.85. The monoisotopic (exact) mass is 252 g/mol. The van der Waals surface area contributed by atoms with Gasteiger partial charge in [-0.2, -0.15) is 13.2 Å². The molecule has 1 amide bonds. The molecule has 0 aromatic rings. The minimum atomic E-state index is -4.26. The fourth-order valence-electron chi connectivity index (χ4n) is 1.98. The normalized spacial score (nSPS) is 21.3. The predicted molar refractivity (Wildman–Crippen MR) is 58.4 cm³/mol. The molecule has 1 N–H and O–H groups in total. The van der Waals surface area contributed by atoms with Crippen LogP contribution in [0, 0.1) is 11.8 Å². The number of carbonyl (C=O) groups is 1. The highest BCUT2D eigenvalue weighted by Gasteiger charge is 2.29. The lowest BCUT2D eigenvalue weighted by Gasteiger charge is -2.18. The largest absolute Gasteiger partial charge is 0.401 e. The SMILES string of the molecule is CC(C)C1CCN(C(=O)CNCC(F)(F)F)C1. The van der Waals surface area contributed by atoms with Gasteiger partial charge in [-0.1, -0.05) is 13.8 Å². The van der Waals surface area contributed by atoms with Gasteiger partial charge in [-0.15, -0.1) is 0 Å². The van der Waals surface area contributed by atoms with E-state index in [9.17, 15) is 18.0 Å². The number of hydrogen-bond donors (Lipinski definition) is 1. The molecular formula is C11H19F3N2O. The number of carbonyl (C=O) groups excluding carboxylic acids is 1. The summed E-state index contributed by atoms with van der Waals surface area (Å²) in [6, 6.07) is 0. The molecule has 0 radical (unpaired) electrons. The van der Waals surface area contributed by atoms with Crippen LogP contribution in [0.15, 0.2) is 0 Å². The van der Waals surface area contributed by atoms with Crippen molar-refractivity contribution in [3.05, 3.63) is 0 Å². The molecule has 3 nitrogen and oxygen atoms in total. The highest BCUT2D eigenvalue weighted by molar-refractivity contribution is 5.78. The van der Waals surface area contributed by atoms with Crippen LogP contribution in [0.25, 0.3) is 0 Å². The van der Waals surface area contributed by atoms with E-state index >= 15 is 0 Å². The Kier molecular flexibility index (Phi) is 4.80. The molecule has 0 aliphatic carbocycles. The Morgan fingerprint density at radius 1 is 1.47 bits per heavy atom. The van der Waals surface area contributed by atoms with Gasteiger partial charge in [0, 0.05) is 13.1 Å². The number of likely N-dealkylation sites (tertiary alicyclic amines) is 1. The van der Waals surface area contributed by atoms with Gasteiger partial charge in [0.2, 0.25) is 5.91 Å². The Morgan fingerprint density at radius 2 is 2.12 bits per heavy atom. The number of alkyl halides is 3. The first-order chi connectivity index (χ1) is 7.79. The minimum absolute atomic E-state index is 0.232. The molecule has 0 aromatic heterocycles. The molecule has 1 rings (SSSR count). The lowest BCUT2D eigenvalue weighted by atomic mass is 9.95. The Hall–Kier alpha value is -0.780. The van der Waals surface area contributed by atoms with E-state index in [1.165, 1.54) is 0 Å². The summed E-state index contributed by atoms with van der Waals surface area (Å²) in [7, 11) is 0. The Labute approximate surface area is 99.4 Å². The zero-order valence-corrected chi connectivity index (χ0v) is 10.2. The van der Waals surface area contributed by atoms with Gasteiger partial charge in [-0.05, 0) is 18.3 Å². The molecule has 100 valence electrons. The van der Waals surface area contributed by atoms with Crippen molar-refractivity contribution in [1.82, 2.24) is 10.2 Å². The third-order valence-electron chi connectivity index (χ3n) is 3.12. The van der Waals surface area contributed by atoms with E-state index < -0.39 is 12.7 Å². The first-order valence-electron chi connectivity index (χ1n) is 5.85. The number of nitrogens with one attached hydrogen (secondary N) is 1. The summed E-state index contributed by atoms with van der Waals surface area (Å²) in [5.74, 6) is 0.745. The first kappa shape index (κ1) is 14.3. The van der Waals surface area contributed by atoms with Crippen LogP contribution in [0.4, 0.5) is 13.2 Å². The second kappa shape index (κ2) is 5.71. The third-order valence-corrected chi connectivity index (χ3v) is 3.12. The van der Waals surface area contributed by atoms with E-state index in [4.69, 9.17) is 0 Å². The van der Waals surface area contributed by atoms with Crippen molar-refractivity contribution < 1.29 is 18.0 Å². The van der Waals surface area contributed by atoms with Gasteiger partial charge in [0.25, 0.3) is 0 Å². The fraction of sp³-hybridized carbons (Fsp3) is 0.909. The summed E-state index contributed by atoms with van der Waals surface area (Å²) in [6.45, 7) is 4.19. The van der Waals surface area contributed by atoms with Crippen molar-refractivity contribution >= 4 is 5.91 Å². The minimum Gasteiger partial charge on any atom is -0.341 e. The molecule has 0 aromatic carbocycles. The zero-order chi connectivity index (χ0) is 13.1. The maximum Gasteiger partial charge on any atom is 0.401 e. The van der Waals surface area contributed by atoms with Crippen LogP contribution in [-0.4, -0.2) is 43.2 Å². The lowest BCUT2D eigenvalue weighted by molar-refractivity contribution is -0.133. The van der Waals surface area contributed by atoms with E-state index in [0.29, 0.717) is 24.9 Å². The predicted octanol–water partition coefficient (Wildman–Crippen LogP) is 1.64. The van der Waals surface area contributed by atoms with E-state index in [1.54, 1.807) is 4.90 Å². The first-order valence-corrected chi connectivity index (χ1v) is 5.85. The molecule has 1 aliphatic rings. The summed E-state index contributed by atoms with van der Waals surface area (Å²) in [5.41, 5.74) is 0. The molecule has 1 saturated heterocycles. The second-order valence-corrected chi connectivity index (χ2v) is 4.85. The van der Waals surface area contributed by atoms with Crippen LogP contribution >= 0.6 is 0 Å². The summed E-state index contributed by atoms with van der Waals surface area (Å²) in [5, 5.41) is 2.13. The van der Waals surface area contributed by atoms with Crippen molar-refractivity contribution in [2.75, 3.05) is 26.2 Å². The highest BCUT2D eigenvalue weighted by Crippen LogP contribution is 2.23. The van der Waals surface area contributed by atoms with E-state index in [-0.39, 0.29) is 12.5 Å². The Morgan fingerprint density at radius 3 is 2.59 bits per heavy atom.